The number of nitrogens with two attached hydrogens (primary N) is 1. The van der Waals surface area contributed by atoms with Gasteiger partial charge in [-0.15, -0.1) is 0 Å². The third kappa shape index (κ3) is 2.08. The molecular weight excluding hydrogens is 310 g/mol. The van der Waals surface area contributed by atoms with Crippen molar-refractivity contribution in [3.05, 3.63) is 45.2 Å². The van der Waals surface area contributed by atoms with Crippen LogP contribution < -0.4 is 5.73 Å². The van der Waals surface area contributed by atoms with Gasteiger partial charge in [-0.1, -0.05) is 18.3 Å². The van der Waals surface area contributed by atoms with Crippen LogP contribution in [0.15, 0.2) is 22.7 Å². The molecule has 0 aliphatic heterocycles. The van der Waals surface area contributed by atoms with Gasteiger partial charge in [0, 0.05) is 15.7 Å². The van der Waals surface area contributed by atoms with Gasteiger partial charge in [-0.2, -0.15) is 5.10 Å². The molecule has 1 heterocycles. The second-order valence-electron chi connectivity index (χ2n) is 4.21. The van der Waals surface area contributed by atoms with Crippen LogP contribution in [0.3, 0.4) is 0 Å². The number of thiocarbonyl (C=S) groups is 1. The SMILES string of the molecule is Cc1nn(-c2cccc(Br)c2C(N)=S)c(C)c1C. The molecule has 3 nitrogen and oxygen atoms in total. The van der Waals surface area contributed by atoms with E-state index >= 15 is 0 Å². The molecule has 0 bridgehead atoms. The van der Waals surface area contributed by atoms with Crippen LogP contribution in [0.4, 0.5) is 0 Å². The summed E-state index contributed by atoms with van der Waals surface area (Å²) in [6.07, 6.45) is 0. The first-order valence-corrected chi connectivity index (χ1v) is 6.75. The number of halogens is 1. The summed E-state index contributed by atoms with van der Waals surface area (Å²) >= 11 is 8.61. The first-order valence-electron chi connectivity index (χ1n) is 5.55. The fraction of sp³-hybridized carbons (Fsp3) is 0.231. The second-order valence-corrected chi connectivity index (χ2v) is 5.50. The molecule has 2 aromatic rings. The van der Waals surface area contributed by atoms with Crippen LogP contribution in [0.1, 0.15) is 22.5 Å². The molecule has 0 unspecified atom stereocenters. The van der Waals surface area contributed by atoms with Gasteiger partial charge in [0.25, 0.3) is 0 Å². The van der Waals surface area contributed by atoms with E-state index in [1.54, 1.807) is 0 Å². The maximum atomic E-state index is 5.81. The van der Waals surface area contributed by atoms with E-state index in [-0.39, 0.29) is 0 Å². The first kappa shape index (κ1) is 13.2. The summed E-state index contributed by atoms with van der Waals surface area (Å²) in [6.45, 7) is 6.10. The van der Waals surface area contributed by atoms with E-state index in [1.807, 2.05) is 36.7 Å². The third-order valence-corrected chi connectivity index (χ3v) is 3.98. The number of nitrogens with zero attached hydrogens (tertiary/aromatic N) is 2. The summed E-state index contributed by atoms with van der Waals surface area (Å²) in [6, 6.07) is 5.85. The van der Waals surface area contributed by atoms with Crippen LogP contribution >= 0.6 is 28.1 Å². The molecule has 0 saturated heterocycles. The van der Waals surface area contributed by atoms with E-state index < -0.39 is 0 Å². The standard InChI is InChI=1S/C13H14BrN3S/c1-7-8(2)16-17(9(7)3)11-6-4-5-10(14)12(11)13(15)18/h4-6H,1-3H3,(H2,15,18). The van der Waals surface area contributed by atoms with Crippen molar-refractivity contribution in [2.75, 3.05) is 0 Å². The minimum absolute atomic E-state index is 0.364. The Bertz CT molecular complexity index is 631. The molecule has 18 heavy (non-hydrogen) atoms. The molecule has 0 aliphatic carbocycles. The largest absolute Gasteiger partial charge is 0.389 e. The van der Waals surface area contributed by atoms with Crippen molar-refractivity contribution in [2.45, 2.75) is 20.8 Å². The van der Waals surface area contributed by atoms with Crippen LogP contribution in [-0.4, -0.2) is 14.8 Å². The first-order chi connectivity index (χ1) is 8.43. The van der Waals surface area contributed by atoms with Crippen LogP contribution in [0, 0.1) is 20.8 Å². The maximum Gasteiger partial charge on any atom is 0.107 e. The lowest BCUT2D eigenvalue weighted by atomic mass is 10.1. The van der Waals surface area contributed by atoms with Crippen molar-refractivity contribution in [3.8, 4) is 5.69 Å². The molecule has 0 spiro atoms. The summed E-state index contributed by atoms with van der Waals surface area (Å²) in [4.78, 5) is 0.364. The molecule has 1 aromatic heterocycles. The van der Waals surface area contributed by atoms with Gasteiger partial charge in [0.1, 0.15) is 4.99 Å². The van der Waals surface area contributed by atoms with Gasteiger partial charge in [0.15, 0.2) is 0 Å². The van der Waals surface area contributed by atoms with Gasteiger partial charge in [-0.05, 0) is 54.4 Å². The van der Waals surface area contributed by atoms with Crippen molar-refractivity contribution in [2.24, 2.45) is 5.73 Å². The quantitative estimate of drug-likeness (QED) is 0.863. The van der Waals surface area contributed by atoms with Crippen LogP contribution in [0.5, 0.6) is 0 Å². The summed E-state index contributed by atoms with van der Waals surface area (Å²) in [7, 11) is 0. The Balaban J connectivity index is 2.75. The molecule has 0 amide bonds. The van der Waals surface area contributed by atoms with Crippen molar-refractivity contribution >= 4 is 33.1 Å². The highest BCUT2D eigenvalue weighted by atomic mass is 79.9. The molecule has 2 rings (SSSR count). The van der Waals surface area contributed by atoms with Crippen molar-refractivity contribution in [3.63, 3.8) is 0 Å². The normalized spacial score (nSPS) is 10.7. The average molecular weight is 324 g/mol. The predicted octanol–water partition coefficient (Wildman–Crippen LogP) is 3.19. The van der Waals surface area contributed by atoms with E-state index in [2.05, 4.69) is 28.0 Å². The summed E-state index contributed by atoms with van der Waals surface area (Å²) in [5.41, 5.74) is 10.8. The lowest BCUT2D eigenvalue weighted by Gasteiger charge is -2.12. The van der Waals surface area contributed by atoms with Crippen molar-refractivity contribution in [1.29, 1.82) is 0 Å². The summed E-state index contributed by atoms with van der Waals surface area (Å²) in [5.74, 6) is 0. The van der Waals surface area contributed by atoms with Gasteiger partial charge in [-0.25, -0.2) is 4.68 Å². The van der Waals surface area contributed by atoms with Gasteiger partial charge in [-0.3, -0.25) is 0 Å². The van der Waals surface area contributed by atoms with Crippen LogP contribution in [0.2, 0.25) is 0 Å². The molecule has 94 valence electrons. The zero-order valence-electron chi connectivity index (χ0n) is 10.5. The monoisotopic (exact) mass is 323 g/mol. The van der Waals surface area contributed by atoms with Gasteiger partial charge in [0.2, 0.25) is 0 Å². The van der Waals surface area contributed by atoms with Gasteiger partial charge in [0.05, 0.1) is 11.4 Å². The molecule has 0 aliphatic rings. The van der Waals surface area contributed by atoms with Crippen molar-refractivity contribution < 1.29 is 0 Å². The smallest absolute Gasteiger partial charge is 0.107 e. The zero-order valence-corrected chi connectivity index (χ0v) is 12.9. The Hall–Kier alpha value is -1.20. The van der Waals surface area contributed by atoms with E-state index in [0.717, 1.165) is 27.1 Å². The lowest BCUT2D eigenvalue weighted by Crippen LogP contribution is -2.15. The van der Waals surface area contributed by atoms with Crippen LogP contribution in [0.25, 0.3) is 5.69 Å². The predicted molar refractivity (Wildman–Crippen MR) is 81.4 cm³/mol. The second kappa shape index (κ2) is 4.82. The van der Waals surface area contributed by atoms with E-state index in [1.165, 1.54) is 5.56 Å². The molecule has 2 N–H and O–H groups in total. The zero-order chi connectivity index (χ0) is 13.4. The minimum atomic E-state index is 0.364. The lowest BCUT2D eigenvalue weighted by molar-refractivity contribution is 0.831. The Morgan fingerprint density at radius 3 is 2.50 bits per heavy atom. The minimum Gasteiger partial charge on any atom is -0.389 e. The Morgan fingerprint density at radius 2 is 2.00 bits per heavy atom. The highest BCUT2D eigenvalue weighted by Gasteiger charge is 2.15. The van der Waals surface area contributed by atoms with Crippen molar-refractivity contribution in [1.82, 2.24) is 9.78 Å². The number of aromatic nitrogens is 2. The molecule has 0 saturated carbocycles. The van der Waals surface area contributed by atoms with E-state index in [9.17, 15) is 0 Å². The molecule has 0 radical (unpaired) electrons. The number of hydrogen-bond acceptors (Lipinski definition) is 2. The summed E-state index contributed by atoms with van der Waals surface area (Å²) in [5, 5.41) is 4.54. The number of aryl methyl sites for hydroxylation is 1. The molecule has 5 heteroatoms. The fourth-order valence-electron chi connectivity index (χ4n) is 1.89. The Labute approximate surface area is 120 Å². The molecule has 0 atom stereocenters. The van der Waals surface area contributed by atoms with Gasteiger partial charge >= 0.3 is 0 Å². The molecular formula is C13H14BrN3S. The fourth-order valence-corrected chi connectivity index (χ4v) is 2.80. The summed E-state index contributed by atoms with van der Waals surface area (Å²) < 4.78 is 2.78. The number of rotatable bonds is 2. The maximum absolute atomic E-state index is 5.81. The molecule has 0 fully saturated rings. The van der Waals surface area contributed by atoms with Crippen LogP contribution in [-0.2, 0) is 0 Å². The third-order valence-electron chi connectivity index (χ3n) is 3.12. The van der Waals surface area contributed by atoms with E-state index in [4.69, 9.17) is 18.0 Å². The topological polar surface area (TPSA) is 43.8 Å². The Morgan fingerprint density at radius 1 is 1.33 bits per heavy atom. The number of hydrogen-bond donors (Lipinski definition) is 1. The highest BCUT2D eigenvalue weighted by molar-refractivity contribution is 9.10. The Kier molecular flexibility index (Phi) is 3.54. The van der Waals surface area contributed by atoms with Gasteiger partial charge < -0.3 is 5.73 Å². The highest BCUT2D eigenvalue weighted by Crippen LogP contribution is 2.25. The number of benzene rings is 1. The average Bonchev–Trinajstić information content (AvgIpc) is 2.56. The van der Waals surface area contributed by atoms with E-state index in [0.29, 0.717) is 4.99 Å². The molecule has 1 aromatic carbocycles.